The number of amides is 1. The van der Waals surface area contributed by atoms with Crippen LogP contribution in [0.3, 0.4) is 0 Å². The van der Waals surface area contributed by atoms with Gasteiger partial charge < -0.3 is 16.2 Å². The summed E-state index contributed by atoms with van der Waals surface area (Å²) >= 11 is 0. The highest BCUT2D eigenvalue weighted by Gasteiger charge is 2.35. The van der Waals surface area contributed by atoms with Gasteiger partial charge in [-0.3, -0.25) is 9.69 Å². The van der Waals surface area contributed by atoms with Crippen LogP contribution in [0.5, 0.6) is 0 Å². The van der Waals surface area contributed by atoms with Gasteiger partial charge in [0.15, 0.2) is 0 Å². The quantitative estimate of drug-likeness (QED) is 0.753. The van der Waals surface area contributed by atoms with Gasteiger partial charge in [0.05, 0.1) is 18.2 Å². The number of nitrogens with zero attached hydrogens (tertiary/aromatic N) is 1. The van der Waals surface area contributed by atoms with Gasteiger partial charge in [0.2, 0.25) is 5.91 Å². The molecule has 1 saturated carbocycles. The fourth-order valence-corrected chi connectivity index (χ4v) is 2.95. The first-order valence-corrected chi connectivity index (χ1v) is 6.95. The van der Waals surface area contributed by atoms with Gasteiger partial charge in [0.1, 0.15) is 0 Å². The first kappa shape index (κ1) is 13.8. The summed E-state index contributed by atoms with van der Waals surface area (Å²) in [5.41, 5.74) is 10.3. The molecule has 0 radical (unpaired) electrons. The molecule has 2 rings (SSSR count). The number of carbonyl (C=O) groups is 1. The third-order valence-corrected chi connectivity index (χ3v) is 4.33. The molecule has 5 heteroatoms. The summed E-state index contributed by atoms with van der Waals surface area (Å²) < 4.78 is 5.83. The minimum Gasteiger partial charge on any atom is -0.375 e. The van der Waals surface area contributed by atoms with Crippen LogP contribution in [-0.2, 0) is 9.53 Å². The molecular formula is C13H25N3O2. The Morgan fingerprint density at radius 3 is 2.89 bits per heavy atom. The lowest BCUT2D eigenvalue weighted by atomic mass is 9.89. The van der Waals surface area contributed by atoms with Crippen molar-refractivity contribution >= 4 is 5.91 Å². The number of morpholine rings is 1. The zero-order valence-electron chi connectivity index (χ0n) is 11.2. The maximum atomic E-state index is 11.2. The van der Waals surface area contributed by atoms with Crippen LogP contribution in [0.15, 0.2) is 0 Å². The number of nitrogens with two attached hydrogens (primary N) is 2. The molecule has 5 nitrogen and oxygen atoms in total. The molecule has 0 aromatic heterocycles. The minimum absolute atomic E-state index is 0.380. The van der Waals surface area contributed by atoms with E-state index in [4.69, 9.17) is 16.2 Å². The molecule has 1 heterocycles. The van der Waals surface area contributed by atoms with Crippen molar-refractivity contribution in [3.05, 3.63) is 0 Å². The molecular weight excluding hydrogens is 230 g/mol. The highest BCUT2D eigenvalue weighted by atomic mass is 16.5. The van der Waals surface area contributed by atoms with E-state index < -0.39 is 11.4 Å². The average molecular weight is 255 g/mol. The van der Waals surface area contributed by atoms with Crippen molar-refractivity contribution < 1.29 is 9.53 Å². The smallest absolute Gasteiger partial charge is 0.237 e. The summed E-state index contributed by atoms with van der Waals surface area (Å²) in [4.78, 5) is 13.7. The van der Waals surface area contributed by atoms with Gasteiger partial charge in [-0.2, -0.15) is 0 Å². The number of primary amides is 1. The predicted octanol–water partition coefficient (Wildman–Crippen LogP) is 0.223. The molecule has 1 aliphatic heterocycles. The first-order chi connectivity index (χ1) is 8.50. The Labute approximate surface area is 109 Å². The second kappa shape index (κ2) is 5.55. The van der Waals surface area contributed by atoms with E-state index in [0.29, 0.717) is 18.6 Å². The zero-order chi connectivity index (χ0) is 13.2. The van der Waals surface area contributed by atoms with Crippen LogP contribution >= 0.6 is 0 Å². The van der Waals surface area contributed by atoms with Crippen molar-refractivity contribution in [2.24, 2.45) is 11.5 Å². The largest absolute Gasteiger partial charge is 0.375 e. The molecule has 2 fully saturated rings. The monoisotopic (exact) mass is 255 g/mol. The fourth-order valence-electron chi connectivity index (χ4n) is 2.95. The molecule has 3 unspecified atom stereocenters. The first-order valence-electron chi connectivity index (χ1n) is 6.95. The molecule has 1 saturated heterocycles. The summed E-state index contributed by atoms with van der Waals surface area (Å²) in [5, 5.41) is 0. The van der Waals surface area contributed by atoms with Gasteiger partial charge >= 0.3 is 0 Å². The number of hydrogen-bond acceptors (Lipinski definition) is 4. The molecule has 1 amide bonds. The van der Waals surface area contributed by atoms with E-state index >= 15 is 0 Å². The number of carbonyl (C=O) groups excluding carboxylic acids is 1. The number of ether oxygens (including phenoxy) is 1. The van der Waals surface area contributed by atoms with Crippen molar-refractivity contribution in [1.29, 1.82) is 0 Å². The normalized spacial score (nSPS) is 32.6. The minimum atomic E-state index is -0.900. The van der Waals surface area contributed by atoms with Gasteiger partial charge in [-0.05, 0) is 26.2 Å². The lowest BCUT2D eigenvalue weighted by Crippen LogP contribution is -2.56. The van der Waals surface area contributed by atoms with Gasteiger partial charge in [-0.15, -0.1) is 0 Å². The van der Waals surface area contributed by atoms with Gasteiger partial charge in [0.25, 0.3) is 0 Å². The van der Waals surface area contributed by atoms with Crippen molar-refractivity contribution in [1.82, 2.24) is 4.90 Å². The highest BCUT2D eigenvalue weighted by Crippen LogP contribution is 2.28. The maximum Gasteiger partial charge on any atom is 0.237 e. The highest BCUT2D eigenvalue weighted by molar-refractivity contribution is 5.83. The van der Waals surface area contributed by atoms with E-state index in [1.54, 1.807) is 6.92 Å². The molecule has 0 spiro atoms. The van der Waals surface area contributed by atoms with Gasteiger partial charge in [-0.25, -0.2) is 0 Å². The Morgan fingerprint density at radius 1 is 1.44 bits per heavy atom. The number of rotatable bonds is 4. The lowest BCUT2D eigenvalue weighted by molar-refractivity contribution is -0.123. The van der Waals surface area contributed by atoms with Crippen LogP contribution in [0.2, 0.25) is 0 Å². The van der Waals surface area contributed by atoms with E-state index in [-0.39, 0.29) is 0 Å². The van der Waals surface area contributed by atoms with Crippen molar-refractivity contribution in [3.63, 3.8) is 0 Å². The molecule has 1 aliphatic carbocycles. The van der Waals surface area contributed by atoms with E-state index in [1.165, 1.54) is 19.3 Å². The SMILES string of the molecule is CC(N)(CCN1CCOC2CCCCC21)C(N)=O. The predicted molar refractivity (Wildman–Crippen MR) is 70.0 cm³/mol. The van der Waals surface area contributed by atoms with Crippen molar-refractivity contribution in [2.75, 3.05) is 19.7 Å². The summed E-state index contributed by atoms with van der Waals surface area (Å²) in [7, 11) is 0. The molecule has 104 valence electrons. The topological polar surface area (TPSA) is 81.6 Å². The van der Waals surface area contributed by atoms with Crippen LogP contribution in [0, 0.1) is 0 Å². The van der Waals surface area contributed by atoms with Crippen LogP contribution in [-0.4, -0.2) is 48.2 Å². The summed E-state index contributed by atoms with van der Waals surface area (Å²) in [6.07, 6.45) is 5.90. The van der Waals surface area contributed by atoms with Crippen LogP contribution in [0.25, 0.3) is 0 Å². The molecule has 3 atom stereocenters. The molecule has 0 bridgehead atoms. The Bertz CT molecular complexity index is 305. The van der Waals surface area contributed by atoms with Crippen LogP contribution in [0.1, 0.15) is 39.0 Å². The van der Waals surface area contributed by atoms with Gasteiger partial charge in [-0.1, -0.05) is 12.8 Å². The Hall–Kier alpha value is -0.650. The molecule has 0 aromatic rings. The third-order valence-electron chi connectivity index (χ3n) is 4.33. The third kappa shape index (κ3) is 3.02. The maximum absolute atomic E-state index is 11.2. The second-order valence-electron chi connectivity index (χ2n) is 5.83. The van der Waals surface area contributed by atoms with E-state index in [9.17, 15) is 4.79 Å². The standard InChI is InChI=1S/C13H25N3O2/c1-13(15,12(14)17)6-7-16-8-9-18-11-5-3-2-4-10(11)16/h10-11H,2-9,15H2,1H3,(H2,14,17). The fraction of sp³-hybridized carbons (Fsp3) is 0.923. The summed E-state index contributed by atoms with van der Waals surface area (Å²) in [5.74, 6) is -0.420. The Balaban J connectivity index is 1.90. The summed E-state index contributed by atoms with van der Waals surface area (Å²) in [6.45, 7) is 4.28. The van der Waals surface area contributed by atoms with E-state index in [2.05, 4.69) is 4.90 Å². The van der Waals surface area contributed by atoms with Crippen LogP contribution < -0.4 is 11.5 Å². The lowest BCUT2D eigenvalue weighted by Gasteiger charge is -2.44. The van der Waals surface area contributed by atoms with Crippen molar-refractivity contribution in [3.8, 4) is 0 Å². The van der Waals surface area contributed by atoms with Crippen molar-refractivity contribution in [2.45, 2.75) is 56.7 Å². The summed E-state index contributed by atoms with van der Waals surface area (Å²) in [6, 6.07) is 0.510. The van der Waals surface area contributed by atoms with E-state index in [0.717, 1.165) is 26.1 Å². The van der Waals surface area contributed by atoms with Gasteiger partial charge in [0, 0.05) is 19.1 Å². The number of fused-ring (bicyclic) bond motifs is 1. The Morgan fingerprint density at radius 2 is 2.17 bits per heavy atom. The van der Waals surface area contributed by atoms with Crippen LogP contribution in [0.4, 0.5) is 0 Å². The molecule has 0 aromatic carbocycles. The molecule has 4 N–H and O–H groups in total. The average Bonchev–Trinajstić information content (AvgIpc) is 2.36. The molecule has 2 aliphatic rings. The zero-order valence-corrected chi connectivity index (χ0v) is 11.2. The Kier molecular flexibility index (Phi) is 4.25. The second-order valence-corrected chi connectivity index (χ2v) is 5.83. The van der Waals surface area contributed by atoms with E-state index in [1.807, 2.05) is 0 Å². The number of hydrogen-bond donors (Lipinski definition) is 2. The molecule has 18 heavy (non-hydrogen) atoms.